The van der Waals surface area contributed by atoms with Crippen LogP contribution in [0, 0.1) is 0 Å². The van der Waals surface area contributed by atoms with E-state index in [4.69, 9.17) is 16.8 Å². The second-order valence-electron chi connectivity index (χ2n) is 2.66. The van der Waals surface area contributed by atoms with Crippen molar-refractivity contribution in [3.63, 3.8) is 0 Å². The van der Waals surface area contributed by atoms with Crippen LogP contribution >= 0.6 is 11.6 Å². The second kappa shape index (κ2) is 4.16. The monoisotopic (exact) mass is 225 g/mol. The predicted molar refractivity (Wildman–Crippen MR) is 45.2 cm³/mol. The molecule has 14 heavy (non-hydrogen) atoms. The number of hydrogen-bond donors (Lipinski definition) is 2. The average molecular weight is 226 g/mol. The molecule has 0 aliphatic rings. The molecule has 0 radical (unpaired) electrons. The molecule has 0 amide bonds. The van der Waals surface area contributed by atoms with Gasteiger partial charge in [-0.05, 0) is 17.7 Å². The van der Waals surface area contributed by atoms with Gasteiger partial charge in [0.15, 0.2) is 6.04 Å². The topological polar surface area (TPSA) is 32.3 Å². The Kier molecular flexibility index (Phi) is 3.36. The molecule has 0 saturated carbocycles. The lowest BCUT2D eigenvalue weighted by Crippen LogP contribution is -2.31. The Morgan fingerprint density at radius 2 is 1.71 bits per heavy atom. The van der Waals surface area contributed by atoms with Gasteiger partial charge < -0.3 is 5.21 Å². The van der Waals surface area contributed by atoms with Crippen LogP contribution in [0.1, 0.15) is 11.6 Å². The molecule has 2 nitrogen and oxygen atoms in total. The lowest BCUT2D eigenvalue weighted by atomic mass is 10.1. The molecule has 78 valence electrons. The van der Waals surface area contributed by atoms with Crippen LogP contribution in [0.15, 0.2) is 24.3 Å². The van der Waals surface area contributed by atoms with Crippen LogP contribution in [0.2, 0.25) is 5.02 Å². The smallest absolute Gasteiger partial charge is 0.316 e. The molecule has 1 aromatic rings. The highest BCUT2D eigenvalue weighted by atomic mass is 35.5. The molecule has 0 aliphatic carbocycles. The van der Waals surface area contributed by atoms with E-state index >= 15 is 0 Å². The summed E-state index contributed by atoms with van der Waals surface area (Å²) >= 11 is 5.51. The van der Waals surface area contributed by atoms with Crippen molar-refractivity contribution >= 4 is 11.6 Å². The highest BCUT2D eigenvalue weighted by Gasteiger charge is 2.40. The average Bonchev–Trinajstić information content (AvgIpc) is 2.07. The Morgan fingerprint density at radius 1 is 1.21 bits per heavy atom. The molecule has 1 rings (SSSR count). The highest BCUT2D eigenvalue weighted by molar-refractivity contribution is 6.30. The minimum atomic E-state index is -4.54. The normalized spacial score (nSPS) is 14.1. The van der Waals surface area contributed by atoms with E-state index in [1.54, 1.807) is 0 Å². The number of alkyl halides is 3. The molecule has 6 heteroatoms. The van der Waals surface area contributed by atoms with Crippen molar-refractivity contribution in [2.45, 2.75) is 12.2 Å². The fourth-order valence-corrected chi connectivity index (χ4v) is 1.12. The minimum Gasteiger partial charge on any atom is -0.316 e. The zero-order chi connectivity index (χ0) is 10.8. The van der Waals surface area contributed by atoms with Gasteiger partial charge in [-0.3, -0.25) is 0 Å². The third kappa shape index (κ3) is 2.60. The molecule has 0 fully saturated rings. The number of hydrogen-bond acceptors (Lipinski definition) is 2. The number of nitrogens with one attached hydrogen (secondary N) is 1. The molecule has 1 atom stereocenters. The van der Waals surface area contributed by atoms with Crippen molar-refractivity contribution in [2.75, 3.05) is 0 Å². The summed E-state index contributed by atoms with van der Waals surface area (Å²) in [5.74, 6) is 0. The maximum atomic E-state index is 12.3. The maximum Gasteiger partial charge on any atom is 0.410 e. The number of halogens is 4. The molecule has 0 unspecified atom stereocenters. The van der Waals surface area contributed by atoms with Crippen LogP contribution < -0.4 is 5.48 Å². The van der Waals surface area contributed by atoms with Gasteiger partial charge in [0.25, 0.3) is 0 Å². The predicted octanol–water partition coefficient (Wildman–Crippen LogP) is 2.92. The summed E-state index contributed by atoms with van der Waals surface area (Å²) in [7, 11) is 0. The summed E-state index contributed by atoms with van der Waals surface area (Å²) in [4.78, 5) is 0. The van der Waals surface area contributed by atoms with Crippen molar-refractivity contribution in [3.8, 4) is 0 Å². The standard InChI is InChI=1S/C8H7ClF3NO/c9-6-3-1-5(2-4-6)7(13-14)8(10,11)12/h1-4,7,13-14H/t7-/m0/s1. The Balaban J connectivity index is 2.96. The summed E-state index contributed by atoms with van der Waals surface area (Å²) in [5, 5.41) is 8.72. The van der Waals surface area contributed by atoms with Crippen LogP contribution in [-0.2, 0) is 0 Å². The summed E-state index contributed by atoms with van der Waals surface area (Å²) in [6.07, 6.45) is -4.54. The van der Waals surface area contributed by atoms with E-state index in [2.05, 4.69) is 0 Å². The van der Waals surface area contributed by atoms with Gasteiger partial charge in [0.05, 0.1) is 0 Å². The van der Waals surface area contributed by atoms with Gasteiger partial charge in [-0.2, -0.15) is 18.7 Å². The van der Waals surface area contributed by atoms with Crippen molar-refractivity contribution < 1.29 is 18.4 Å². The first kappa shape index (κ1) is 11.3. The van der Waals surface area contributed by atoms with Crippen molar-refractivity contribution in [1.29, 1.82) is 0 Å². The summed E-state index contributed by atoms with van der Waals surface area (Å²) in [5.41, 5.74) is 1.12. The first-order valence-corrected chi connectivity index (χ1v) is 4.04. The molecule has 0 aromatic heterocycles. The molecule has 0 saturated heterocycles. The van der Waals surface area contributed by atoms with Gasteiger partial charge in [0, 0.05) is 5.02 Å². The molecule has 0 bridgehead atoms. The molecule has 2 N–H and O–H groups in total. The molecule has 0 aliphatic heterocycles. The third-order valence-corrected chi connectivity index (χ3v) is 1.91. The molecule has 0 spiro atoms. The van der Waals surface area contributed by atoms with Gasteiger partial charge in [-0.1, -0.05) is 23.7 Å². The fourth-order valence-electron chi connectivity index (χ4n) is 0.992. The van der Waals surface area contributed by atoms with Crippen LogP contribution in [0.25, 0.3) is 0 Å². The number of rotatable bonds is 2. The van der Waals surface area contributed by atoms with Crippen molar-refractivity contribution in [1.82, 2.24) is 5.48 Å². The maximum absolute atomic E-state index is 12.3. The molecule has 1 aromatic carbocycles. The zero-order valence-corrected chi connectivity index (χ0v) is 7.60. The van der Waals surface area contributed by atoms with Crippen LogP contribution in [0.4, 0.5) is 13.2 Å². The van der Waals surface area contributed by atoms with E-state index in [0.29, 0.717) is 5.02 Å². The Hall–Kier alpha value is -0.780. The second-order valence-corrected chi connectivity index (χ2v) is 3.09. The Morgan fingerprint density at radius 3 is 2.07 bits per heavy atom. The fraction of sp³-hybridized carbons (Fsp3) is 0.250. The van der Waals surface area contributed by atoms with Crippen LogP contribution in [-0.4, -0.2) is 11.4 Å². The van der Waals surface area contributed by atoms with Crippen molar-refractivity contribution in [2.24, 2.45) is 0 Å². The van der Waals surface area contributed by atoms with E-state index in [1.165, 1.54) is 29.7 Å². The molecule has 0 heterocycles. The minimum absolute atomic E-state index is 0.0931. The number of hydroxylamine groups is 1. The van der Waals surface area contributed by atoms with Gasteiger partial charge in [-0.15, -0.1) is 0 Å². The summed E-state index contributed by atoms with van der Waals surface area (Å²) in [6, 6.07) is 2.97. The van der Waals surface area contributed by atoms with Crippen molar-refractivity contribution in [3.05, 3.63) is 34.9 Å². The van der Waals surface area contributed by atoms with E-state index in [9.17, 15) is 13.2 Å². The largest absolute Gasteiger partial charge is 0.410 e. The summed E-state index contributed by atoms with van der Waals surface area (Å²) < 4.78 is 36.8. The van der Waals surface area contributed by atoms with Crippen LogP contribution in [0.5, 0.6) is 0 Å². The quantitative estimate of drug-likeness (QED) is 0.759. The van der Waals surface area contributed by atoms with E-state index in [-0.39, 0.29) is 5.56 Å². The molecular formula is C8H7ClF3NO. The first-order valence-electron chi connectivity index (χ1n) is 3.67. The third-order valence-electron chi connectivity index (χ3n) is 1.66. The van der Waals surface area contributed by atoms with E-state index in [0.717, 1.165) is 0 Å². The zero-order valence-electron chi connectivity index (χ0n) is 6.85. The lowest BCUT2D eigenvalue weighted by Gasteiger charge is -2.18. The van der Waals surface area contributed by atoms with Gasteiger partial charge in [0.2, 0.25) is 0 Å². The van der Waals surface area contributed by atoms with Crippen LogP contribution in [0.3, 0.4) is 0 Å². The Bertz CT molecular complexity index is 298. The van der Waals surface area contributed by atoms with E-state index in [1.807, 2.05) is 0 Å². The Labute approximate surface area is 83.3 Å². The number of benzene rings is 1. The lowest BCUT2D eigenvalue weighted by molar-refractivity contribution is -0.178. The summed E-state index contributed by atoms with van der Waals surface area (Å²) in [6.45, 7) is 0. The van der Waals surface area contributed by atoms with E-state index < -0.39 is 12.2 Å². The highest BCUT2D eigenvalue weighted by Crippen LogP contribution is 2.32. The SMILES string of the molecule is ON[C@@H](c1ccc(Cl)cc1)C(F)(F)F. The first-order chi connectivity index (χ1) is 6.45. The van der Waals surface area contributed by atoms with Gasteiger partial charge >= 0.3 is 6.18 Å². The molecular weight excluding hydrogens is 219 g/mol. The van der Waals surface area contributed by atoms with Gasteiger partial charge in [-0.25, -0.2) is 0 Å². The van der Waals surface area contributed by atoms with Gasteiger partial charge in [0.1, 0.15) is 0 Å².